The van der Waals surface area contributed by atoms with E-state index in [9.17, 15) is 15.2 Å². The number of ether oxygens (including phenoxy) is 1. The van der Waals surface area contributed by atoms with Gasteiger partial charge in [0.15, 0.2) is 0 Å². The number of hydrogen-bond acceptors (Lipinski definition) is 4. The fourth-order valence-electron chi connectivity index (χ4n) is 2.06. The smallest absolute Gasteiger partial charge is 0.312 e. The minimum Gasteiger partial charge on any atom is -0.449 e. The Labute approximate surface area is 130 Å². The quantitative estimate of drug-likeness (QED) is 0.659. The number of nitro benzene ring substituents is 1. The molecule has 1 N–H and O–H groups in total. The second-order valence-electron chi connectivity index (χ2n) is 4.70. The molecule has 0 bridgehead atoms. The summed E-state index contributed by atoms with van der Waals surface area (Å²) >= 11 is 3.32. The first-order valence-corrected chi connectivity index (χ1v) is 7.04. The van der Waals surface area contributed by atoms with Crippen molar-refractivity contribution in [2.45, 2.75) is 20.5 Å². The molecule has 0 saturated carbocycles. The lowest BCUT2D eigenvalue weighted by Gasteiger charge is -2.13. The molecule has 2 rings (SSSR count). The van der Waals surface area contributed by atoms with E-state index in [0.717, 1.165) is 10.0 Å². The SMILES string of the molecule is Cc1cc(C)c(Oc2cc(Br)ccc2CO)c([N+](=O)[O-])c1. The maximum atomic E-state index is 11.2. The van der Waals surface area contributed by atoms with Gasteiger partial charge in [-0.25, -0.2) is 0 Å². The van der Waals surface area contributed by atoms with Crippen LogP contribution in [0, 0.1) is 24.0 Å². The van der Waals surface area contributed by atoms with Crippen LogP contribution in [-0.4, -0.2) is 10.0 Å². The van der Waals surface area contributed by atoms with E-state index >= 15 is 0 Å². The van der Waals surface area contributed by atoms with E-state index in [1.165, 1.54) is 6.07 Å². The molecule has 5 nitrogen and oxygen atoms in total. The van der Waals surface area contributed by atoms with Crippen LogP contribution in [0.15, 0.2) is 34.8 Å². The van der Waals surface area contributed by atoms with Crippen molar-refractivity contribution in [3.8, 4) is 11.5 Å². The number of aryl methyl sites for hydroxylation is 2. The van der Waals surface area contributed by atoms with E-state index in [4.69, 9.17) is 4.74 Å². The van der Waals surface area contributed by atoms with Gasteiger partial charge in [-0.2, -0.15) is 0 Å². The number of halogens is 1. The first-order chi connectivity index (χ1) is 9.92. The van der Waals surface area contributed by atoms with Gasteiger partial charge < -0.3 is 9.84 Å². The molecule has 0 spiro atoms. The lowest BCUT2D eigenvalue weighted by Crippen LogP contribution is -1.99. The molecule has 6 heteroatoms. The summed E-state index contributed by atoms with van der Waals surface area (Å²) in [5.74, 6) is 0.584. The molecule has 0 aliphatic rings. The molecule has 0 unspecified atom stereocenters. The topological polar surface area (TPSA) is 72.6 Å². The fourth-order valence-corrected chi connectivity index (χ4v) is 2.40. The van der Waals surface area contributed by atoms with E-state index in [2.05, 4.69) is 15.9 Å². The third kappa shape index (κ3) is 3.40. The molecular weight excluding hydrogens is 338 g/mol. The molecule has 0 fully saturated rings. The lowest BCUT2D eigenvalue weighted by molar-refractivity contribution is -0.385. The summed E-state index contributed by atoms with van der Waals surface area (Å²) in [5, 5.41) is 20.6. The lowest BCUT2D eigenvalue weighted by atomic mass is 10.1. The molecule has 2 aromatic carbocycles. The minimum absolute atomic E-state index is 0.0867. The van der Waals surface area contributed by atoms with Crippen molar-refractivity contribution < 1.29 is 14.8 Å². The van der Waals surface area contributed by atoms with E-state index in [1.807, 2.05) is 6.07 Å². The Morgan fingerprint density at radius 3 is 2.62 bits per heavy atom. The van der Waals surface area contributed by atoms with E-state index in [0.29, 0.717) is 16.9 Å². The zero-order valence-corrected chi connectivity index (χ0v) is 13.2. The number of nitro groups is 1. The van der Waals surface area contributed by atoms with Crippen molar-refractivity contribution in [3.63, 3.8) is 0 Å². The normalized spacial score (nSPS) is 10.5. The maximum absolute atomic E-state index is 11.2. The summed E-state index contributed by atoms with van der Waals surface area (Å²) in [7, 11) is 0. The third-order valence-corrected chi connectivity index (χ3v) is 3.50. The second kappa shape index (κ2) is 6.24. The molecule has 21 heavy (non-hydrogen) atoms. The van der Waals surface area contributed by atoms with Gasteiger partial charge >= 0.3 is 5.69 Å². The number of benzene rings is 2. The second-order valence-corrected chi connectivity index (χ2v) is 5.62. The van der Waals surface area contributed by atoms with Gasteiger partial charge in [0.1, 0.15) is 5.75 Å². The highest BCUT2D eigenvalue weighted by Gasteiger charge is 2.20. The summed E-state index contributed by atoms with van der Waals surface area (Å²) in [4.78, 5) is 10.7. The molecule has 0 atom stereocenters. The predicted molar refractivity (Wildman–Crippen MR) is 82.7 cm³/mol. The average molecular weight is 352 g/mol. The maximum Gasteiger partial charge on any atom is 0.312 e. The Morgan fingerprint density at radius 1 is 1.29 bits per heavy atom. The number of aliphatic hydroxyl groups is 1. The summed E-state index contributed by atoms with van der Waals surface area (Å²) in [6, 6.07) is 8.44. The standard InChI is InChI=1S/C15H14BrNO4/c1-9-5-10(2)15(13(6-9)17(19)20)21-14-7-12(16)4-3-11(14)8-18/h3-7,18H,8H2,1-2H3. The van der Waals surface area contributed by atoms with E-state index < -0.39 is 4.92 Å². The summed E-state index contributed by atoms with van der Waals surface area (Å²) in [6.45, 7) is 3.34. The first-order valence-electron chi connectivity index (χ1n) is 6.25. The van der Waals surface area contributed by atoms with Gasteiger partial charge in [0.25, 0.3) is 0 Å². The average Bonchev–Trinajstić information content (AvgIpc) is 2.41. The molecule has 0 heterocycles. The first kappa shape index (κ1) is 15.5. The van der Waals surface area contributed by atoms with Gasteiger partial charge in [-0.3, -0.25) is 10.1 Å². The Bertz CT molecular complexity index is 700. The Hall–Kier alpha value is -1.92. The van der Waals surface area contributed by atoms with E-state index in [1.54, 1.807) is 32.0 Å². The molecule has 0 aliphatic carbocycles. The van der Waals surface area contributed by atoms with Gasteiger partial charge in [-0.15, -0.1) is 0 Å². The highest BCUT2D eigenvalue weighted by atomic mass is 79.9. The zero-order chi connectivity index (χ0) is 15.6. The van der Waals surface area contributed by atoms with Crippen LogP contribution in [0.3, 0.4) is 0 Å². The molecular formula is C15H14BrNO4. The van der Waals surface area contributed by atoms with Crippen LogP contribution in [0.4, 0.5) is 5.69 Å². The molecule has 2 aromatic rings. The van der Waals surface area contributed by atoms with Crippen LogP contribution in [0.25, 0.3) is 0 Å². The monoisotopic (exact) mass is 351 g/mol. The fraction of sp³-hybridized carbons (Fsp3) is 0.200. The van der Waals surface area contributed by atoms with Gasteiger partial charge in [-0.1, -0.05) is 28.1 Å². The van der Waals surface area contributed by atoms with Gasteiger partial charge in [0.2, 0.25) is 5.75 Å². The third-order valence-electron chi connectivity index (χ3n) is 3.01. The summed E-state index contributed by atoms with van der Waals surface area (Å²) < 4.78 is 6.49. The van der Waals surface area contributed by atoms with Crippen molar-refractivity contribution in [2.75, 3.05) is 0 Å². The van der Waals surface area contributed by atoms with Crippen LogP contribution in [0.2, 0.25) is 0 Å². The Morgan fingerprint density at radius 2 is 2.00 bits per heavy atom. The molecule has 110 valence electrons. The van der Waals surface area contributed by atoms with Gasteiger partial charge in [-0.05, 0) is 37.1 Å². The molecule has 0 amide bonds. The number of nitrogens with zero attached hydrogens (tertiary/aromatic N) is 1. The van der Waals surface area contributed by atoms with Crippen molar-refractivity contribution in [3.05, 3.63) is 61.6 Å². The number of hydrogen-bond donors (Lipinski definition) is 1. The highest BCUT2D eigenvalue weighted by Crippen LogP contribution is 2.37. The van der Waals surface area contributed by atoms with Crippen molar-refractivity contribution in [1.29, 1.82) is 0 Å². The summed E-state index contributed by atoms with van der Waals surface area (Å²) in [5.41, 5.74) is 1.94. The number of aliphatic hydroxyl groups excluding tert-OH is 1. The molecule has 0 saturated heterocycles. The van der Waals surface area contributed by atoms with E-state index in [-0.39, 0.29) is 18.0 Å². The minimum atomic E-state index is -0.466. The Balaban J connectivity index is 2.54. The van der Waals surface area contributed by atoms with Crippen LogP contribution >= 0.6 is 15.9 Å². The summed E-state index contributed by atoms with van der Waals surface area (Å²) in [6.07, 6.45) is 0. The van der Waals surface area contributed by atoms with Crippen LogP contribution in [-0.2, 0) is 6.61 Å². The van der Waals surface area contributed by atoms with Crippen LogP contribution in [0.1, 0.15) is 16.7 Å². The van der Waals surface area contributed by atoms with Crippen LogP contribution < -0.4 is 4.74 Å². The molecule has 0 aromatic heterocycles. The predicted octanol–water partition coefficient (Wildman–Crippen LogP) is 4.26. The number of rotatable bonds is 4. The highest BCUT2D eigenvalue weighted by molar-refractivity contribution is 9.10. The van der Waals surface area contributed by atoms with Crippen molar-refractivity contribution >= 4 is 21.6 Å². The van der Waals surface area contributed by atoms with Crippen LogP contribution in [0.5, 0.6) is 11.5 Å². The zero-order valence-electron chi connectivity index (χ0n) is 11.6. The van der Waals surface area contributed by atoms with Gasteiger partial charge in [0.05, 0.1) is 11.5 Å². The van der Waals surface area contributed by atoms with Crippen molar-refractivity contribution in [1.82, 2.24) is 0 Å². The molecule has 0 radical (unpaired) electrons. The molecule has 0 aliphatic heterocycles. The van der Waals surface area contributed by atoms with Gasteiger partial charge in [0, 0.05) is 16.1 Å². The Kier molecular flexibility index (Phi) is 4.59. The largest absolute Gasteiger partial charge is 0.449 e. The van der Waals surface area contributed by atoms with Crippen molar-refractivity contribution in [2.24, 2.45) is 0 Å².